The summed E-state index contributed by atoms with van der Waals surface area (Å²) in [4.78, 5) is 23.4. The van der Waals surface area contributed by atoms with Gasteiger partial charge in [-0.15, -0.1) is 0 Å². The monoisotopic (exact) mass is 267 g/mol. The number of hydrogen-bond acceptors (Lipinski definition) is 2. The van der Waals surface area contributed by atoms with Gasteiger partial charge in [-0.05, 0) is 23.7 Å². The van der Waals surface area contributed by atoms with Crippen LogP contribution in [0.1, 0.15) is 53.4 Å². The van der Waals surface area contributed by atoms with Crippen LogP contribution in [0, 0.1) is 22.7 Å². The molecule has 0 aromatic rings. The molecule has 2 aliphatic rings. The van der Waals surface area contributed by atoms with E-state index < -0.39 is 17.3 Å². The van der Waals surface area contributed by atoms with E-state index in [4.69, 9.17) is 5.11 Å². The van der Waals surface area contributed by atoms with E-state index in [0.29, 0.717) is 0 Å². The molecule has 19 heavy (non-hydrogen) atoms. The van der Waals surface area contributed by atoms with Crippen LogP contribution in [0.5, 0.6) is 0 Å². The second-order valence-electron chi connectivity index (χ2n) is 7.41. The smallest absolute Gasteiger partial charge is 0.307 e. The lowest BCUT2D eigenvalue weighted by molar-refractivity contribution is -0.140. The molecule has 0 spiro atoms. The molecule has 2 N–H and O–H groups in total. The maximum absolute atomic E-state index is 12.3. The van der Waals surface area contributed by atoms with E-state index in [1.807, 2.05) is 13.8 Å². The zero-order valence-electron chi connectivity index (χ0n) is 12.3. The lowest BCUT2D eigenvalue weighted by atomic mass is 9.73. The third-order valence-electron chi connectivity index (χ3n) is 5.20. The first-order valence-electron chi connectivity index (χ1n) is 7.21. The van der Waals surface area contributed by atoms with E-state index >= 15 is 0 Å². The number of carbonyl (C=O) groups excluding carboxylic acids is 1. The van der Waals surface area contributed by atoms with Crippen molar-refractivity contribution in [3.8, 4) is 0 Å². The molecule has 2 aliphatic carbocycles. The highest BCUT2D eigenvalue weighted by Crippen LogP contribution is 2.58. The van der Waals surface area contributed by atoms with Crippen molar-refractivity contribution in [3.63, 3.8) is 0 Å². The lowest BCUT2D eigenvalue weighted by Gasteiger charge is -2.39. The molecular formula is C15H25NO3. The number of hydrogen-bond donors (Lipinski definition) is 2. The molecule has 4 nitrogen and oxygen atoms in total. The minimum Gasteiger partial charge on any atom is -0.481 e. The first-order valence-corrected chi connectivity index (χ1v) is 7.21. The predicted molar refractivity (Wildman–Crippen MR) is 72.6 cm³/mol. The molecule has 3 atom stereocenters. The van der Waals surface area contributed by atoms with Crippen molar-refractivity contribution < 1.29 is 14.7 Å². The minimum absolute atomic E-state index is 0.0719. The van der Waals surface area contributed by atoms with E-state index in [9.17, 15) is 9.59 Å². The largest absolute Gasteiger partial charge is 0.481 e. The Morgan fingerprint density at radius 2 is 1.74 bits per heavy atom. The number of amides is 1. The van der Waals surface area contributed by atoms with Crippen molar-refractivity contribution in [1.29, 1.82) is 0 Å². The Kier molecular flexibility index (Phi) is 3.40. The quantitative estimate of drug-likeness (QED) is 0.825. The molecule has 2 saturated carbocycles. The van der Waals surface area contributed by atoms with Crippen molar-refractivity contribution in [2.24, 2.45) is 22.7 Å². The molecule has 108 valence electrons. The van der Waals surface area contributed by atoms with Gasteiger partial charge in [-0.3, -0.25) is 9.59 Å². The number of carbonyl (C=O) groups is 2. The summed E-state index contributed by atoms with van der Waals surface area (Å²) in [5.41, 5.74) is -0.291. The van der Waals surface area contributed by atoms with E-state index in [0.717, 1.165) is 19.3 Å². The van der Waals surface area contributed by atoms with Crippen LogP contribution in [0.3, 0.4) is 0 Å². The molecular weight excluding hydrogens is 242 g/mol. The number of nitrogens with one attached hydrogen (secondary N) is 1. The van der Waals surface area contributed by atoms with Gasteiger partial charge in [-0.25, -0.2) is 0 Å². The maximum Gasteiger partial charge on any atom is 0.307 e. The fraction of sp³-hybridized carbons (Fsp3) is 0.867. The Hall–Kier alpha value is -1.06. The normalized spacial score (nSPS) is 35.5. The standard InChI is InChI=1S/C15H25NO3/c1-14(2)8-6-5-7-9(14)16-12(17)10-11(13(18)19)15(10,3)4/h9-11H,5-8H2,1-4H3,(H,16,17)(H,18,19)/t9?,10-,11+/m1/s1. The van der Waals surface area contributed by atoms with Gasteiger partial charge >= 0.3 is 5.97 Å². The molecule has 0 aromatic carbocycles. The zero-order valence-corrected chi connectivity index (χ0v) is 12.3. The van der Waals surface area contributed by atoms with Crippen molar-refractivity contribution in [3.05, 3.63) is 0 Å². The highest BCUT2D eigenvalue weighted by Gasteiger charge is 2.66. The third-order valence-corrected chi connectivity index (χ3v) is 5.20. The second kappa shape index (κ2) is 4.50. The number of carboxylic acids is 1. The summed E-state index contributed by atoms with van der Waals surface area (Å²) < 4.78 is 0. The first kappa shape index (κ1) is 14.4. The predicted octanol–water partition coefficient (Wildman–Crippen LogP) is 2.43. The molecule has 0 aromatic heterocycles. The average Bonchev–Trinajstić information content (AvgIpc) is 2.85. The van der Waals surface area contributed by atoms with Crippen molar-refractivity contribution in [1.82, 2.24) is 5.32 Å². The minimum atomic E-state index is -0.854. The Morgan fingerprint density at radius 1 is 1.11 bits per heavy atom. The molecule has 1 unspecified atom stereocenters. The van der Waals surface area contributed by atoms with Crippen LogP contribution in [0.15, 0.2) is 0 Å². The van der Waals surface area contributed by atoms with Crippen molar-refractivity contribution in [2.45, 2.75) is 59.4 Å². The fourth-order valence-electron chi connectivity index (χ4n) is 3.61. The van der Waals surface area contributed by atoms with Gasteiger partial charge in [0.1, 0.15) is 0 Å². The summed E-state index contributed by atoms with van der Waals surface area (Å²) in [5, 5.41) is 12.2. The van der Waals surface area contributed by atoms with Crippen LogP contribution >= 0.6 is 0 Å². The van der Waals surface area contributed by atoms with Crippen LogP contribution in [0.4, 0.5) is 0 Å². The van der Waals surface area contributed by atoms with Crippen LogP contribution in [-0.4, -0.2) is 23.0 Å². The molecule has 0 heterocycles. The summed E-state index contributed by atoms with van der Waals surface area (Å²) in [5.74, 6) is -1.83. The van der Waals surface area contributed by atoms with E-state index in [1.165, 1.54) is 6.42 Å². The Balaban J connectivity index is 2.01. The van der Waals surface area contributed by atoms with E-state index in [-0.39, 0.29) is 23.3 Å². The Labute approximate surface area is 115 Å². The molecule has 0 radical (unpaired) electrons. The van der Waals surface area contributed by atoms with Crippen molar-refractivity contribution in [2.75, 3.05) is 0 Å². The summed E-state index contributed by atoms with van der Waals surface area (Å²) in [6, 6.07) is 0.180. The average molecular weight is 267 g/mol. The highest BCUT2D eigenvalue weighted by molar-refractivity contribution is 5.91. The Bertz CT molecular complexity index is 400. The molecule has 2 fully saturated rings. The van der Waals surface area contributed by atoms with Gasteiger partial charge < -0.3 is 10.4 Å². The summed E-state index contributed by atoms with van der Waals surface area (Å²) in [6.45, 7) is 8.09. The van der Waals surface area contributed by atoms with Gasteiger partial charge in [0.05, 0.1) is 11.8 Å². The van der Waals surface area contributed by atoms with Crippen LogP contribution < -0.4 is 5.32 Å². The van der Waals surface area contributed by atoms with Gasteiger partial charge in [-0.1, -0.05) is 40.5 Å². The maximum atomic E-state index is 12.3. The molecule has 0 aliphatic heterocycles. The summed E-state index contributed by atoms with van der Waals surface area (Å²) >= 11 is 0. The van der Waals surface area contributed by atoms with Crippen LogP contribution in [0.2, 0.25) is 0 Å². The topological polar surface area (TPSA) is 66.4 Å². The number of carboxylic acid groups (broad SMARTS) is 1. The fourth-order valence-corrected chi connectivity index (χ4v) is 3.61. The summed E-state index contributed by atoms with van der Waals surface area (Å²) in [6.07, 6.45) is 4.48. The second-order valence-corrected chi connectivity index (χ2v) is 7.41. The van der Waals surface area contributed by atoms with Gasteiger partial charge in [0, 0.05) is 6.04 Å². The van der Waals surface area contributed by atoms with Gasteiger partial charge in [0.15, 0.2) is 0 Å². The Morgan fingerprint density at radius 3 is 2.21 bits per heavy atom. The third kappa shape index (κ3) is 2.49. The van der Waals surface area contributed by atoms with Crippen LogP contribution in [0.25, 0.3) is 0 Å². The lowest BCUT2D eigenvalue weighted by Crippen LogP contribution is -2.47. The van der Waals surface area contributed by atoms with Crippen LogP contribution in [-0.2, 0) is 9.59 Å². The summed E-state index contributed by atoms with van der Waals surface area (Å²) in [7, 11) is 0. The zero-order chi connectivity index (χ0) is 14.4. The number of aliphatic carboxylic acids is 1. The van der Waals surface area contributed by atoms with E-state index in [2.05, 4.69) is 19.2 Å². The van der Waals surface area contributed by atoms with Crippen molar-refractivity contribution >= 4 is 11.9 Å². The van der Waals surface area contributed by atoms with Gasteiger partial charge in [0.2, 0.25) is 5.91 Å². The SMILES string of the molecule is CC1(C)CCCCC1NC(=O)[C@H]1[C@@H](C(=O)O)C1(C)C. The molecule has 0 bridgehead atoms. The number of rotatable bonds is 3. The highest BCUT2D eigenvalue weighted by atomic mass is 16.4. The molecule has 2 rings (SSSR count). The first-order chi connectivity index (χ1) is 8.68. The van der Waals surface area contributed by atoms with Gasteiger partial charge in [-0.2, -0.15) is 0 Å². The molecule has 0 saturated heterocycles. The van der Waals surface area contributed by atoms with Gasteiger partial charge in [0.25, 0.3) is 0 Å². The molecule has 4 heteroatoms. The van der Waals surface area contributed by atoms with E-state index in [1.54, 1.807) is 0 Å². The molecule has 1 amide bonds.